The van der Waals surface area contributed by atoms with E-state index in [1.165, 1.54) is 12.3 Å². The molecule has 1 aromatic rings. The van der Waals surface area contributed by atoms with E-state index in [1.807, 2.05) is 0 Å². The molecule has 0 aliphatic heterocycles. The Morgan fingerprint density at radius 1 is 1.21 bits per heavy atom. The number of hydrogen-bond acceptors (Lipinski definition) is 3. The van der Waals surface area contributed by atoms with E-state index in [-0.39, 0.29) is 17.4 Å². The van der Waals surface area contributed by atoms with Gasteiger partial charge in [-0.25, -0.2) is 18.5 Å². The summed E-state index contributed by atoms with van der Waals surface area (Å²) in [5, 5.41) is 10.2. The van der Waals surface area contributed by atoms with Crippen molar-refractivity contribution in [2.45, 2.75) is 17.9 Å². The number of unbranched alkanes of at least 4 members (excludes halogenated alkanes) is 1. The van der Waals surface area contributed by atoms with Crippen molar-refractivity contribution in [3.05, 3.63) is 24.4 Å². The van der Waals surface area contributed by atoms with Gasteiger partial charge in [-0.05, 0) is 25.0 Å². The largest absolute Gasteiger partial charge is 0.245 e. The lowest BCUT2D eigenvalue weighted by Crippen LogP contribution is -2.08. The van der Waals surface area contributed by atoms with Crippen molar-refractivity contribution in [1.29, 1.82) is 0 Å². The van der Waals surface area contributed by atoms with E-state index in [0.29, 0.717) is 12.8 Å². The van der Waals surface area contributed by atoms with Gasteiger partial charge in [0.25, 0.3) is 0 Å². The summed E-state index contributed by atoms with van der Waals surface area (Å²) in [4.78, 5) is 3.76. The topological polar surface area (TPSA) is 66.9 Å². The minimum Gasteiger partial charge on any atom is -0.245 e. The van der Waals surface area contributed by atoms with Crippen molar-refractivity contribution in [3.8, 4) is 0 Å². The highest BCUT2D eigenvalue weighted by molar-refractivity contribution is 7.91. The summed E-state index contributed by atoms with van der Waals surface area (Å²) in [6.45, 7) is -0.224. The zero-order valence-corrected chi connectivity index (χ0v) is 8.53. The van der Waals surface area contributed by atoms with E-state index in [0.717, 1.165) is 0 Å². The van der Waals surface area contributed by atoms with Gasteiger partial charge in [0, 0.05) is 6.20 Å². The molecular weight excluding hydrogens is 202 g/mol. The van der Waals surface area contributed by atoms with Crippen LogP contribution in [-0.2, 0) is 14.9 Å². The molecular formula is C9H12NO3S. The van der Waals surface area contributed by atoms with Crippen LogP contribution in [0.25, 0.3) is 0 Å². The molecule has 0 spiro atoms. The van der Waals surface area contributed by atoms with Crippen molar-refractivity contribution in [2.75, 3.05) is 12.4 Å². The summed E-state index contributed by atoms with van der Waals surface area (Å²) >= 11 is 0. The monoisotopic (exact) mass is 214 g/mol. The molecule has 0 saturated carbocycles. The maximum Gasteiger partial charge on any atom is 0.195 e. The molecule has 1 heterocycles. The van der Waals surface area contributed by atoms with E-state index >= 15 is 0 Å². The molecule has 0 amide bonds. The SMILES string of the molecule is [O]CCCCS(=O)(=O)c1ccccn1. The third-order valence-electron chi connectivity index (χ3n) is 1.76. The van der Waals surface area contributed by atoms with Gasteiger partial charge in [-0.2, -0.15) is 0 Å². The Bertz CT molecular complexity index is 361. The van der Waals surface area contributed by atoms with Gasteiger partial charge < -0.3 is 0 Å². The van der Waals surface area contributed by atoms with E-state index in [9.17, 15) is 13.5 Å². The Balaban J connectivity index is 2.67. The summed E-state index contributed by atoms with van der Waals surface area (Å²) in [5.74, 6) is 0.00620. The molecule has 0 aliphatic rings. The fourth-order valence-corrected chi connectivity index (χ4v) is 2.33. The molecule has 0 bridgehead atoms. The second-order valence-electron chi connectivity index (χ2n) is 2.90. The summed E-state index contributed by atoms with van der Waals surface area (Å²) in [5.41, 5.74) is 0. The lowest BCUT2D eigenvalue weighted by Gasteiger charge is -2.01. The molecule has 0 aliphatic carbocycles. The van der Waals surface area contributed by atoms with Crippen LogP contribution in [0.15, 0.2) is 29.4 Å². The van der Waals surface area contributed by atoms with Crippen molar-refractivity contribution in [1.82, 2.24) is 4.98 Å². The molecule has 0 N–H and O–H groups in total. The molecule has 0 fully saturated rings. The van der Waals surface area contributed by atoms with Crippen LogP contribution in [0.2, 0.25) is 0 Å². The molecule has 1 aromatic heterocycles. The van der Waals surface area contributed by atoms with Gasteiger partial charge in [-0.15, -0.1) is 0 Å². The maximum absolute atomic E-state index is 11.5. The summed E-state index contributed by atoms with van der Waals surface area (Å²) in [6, 6.07) is 4.76. The average molecular weight is 214 g/mol. The Morgan fingerprint density at radius 2 is 2.00 bits per heavy atom. The van der Waals surface area contributed by atoms with Crippen molar-refractivity contribution >= 4 is 9.84 Å². The van der Waals surface area contributed by atoms with Crippen LogP contribution >= 0.6 is 0 Å². The van der Waals surface area contributed by atoms with Gasteiger partial charge >= 0.3 is 0 Å². The van der Waals surface area contributed by atoms with Crippen LogP contribution in [0, 0.1) is 0 Å². The first-order valence-corrected chi connectivity index (χ1v) is 6.04. The molecule has 4 nitrogen and oxygen atoms in total. The third kappa shape index (κ3) is 3.08. The molecule has 5 heteroatoms. The van der Waals surface area contributed by atoms with E-state index in [2.05, 4.69) is 4.98 Å². The van der Waals surface area contributed by atoms with Gasteiger partial charge in [0.1, 0.15) is 0 Å². The van der Waals surface area contributed by atoms with Gasteiger partial charge in [0.2, 0.25) is 0 Å². The molecule has 0 aromatic carbocycles. The minimum atomic E-state index is -3.28. The summed E-state index contributed by atoms with van der Waals surface area (Å²) in [6.07, 6.45) is 2.24. The van der Waals surface area contributed by atoms with Crippen molar-refractivity contribution in [2.24, 2.45) is 0 Å². The first kappa shape index (κ1) is 11.1. The fourth-order valence-electron chi connectivity index (χ4n) is 1.03. The average Bonchev–Trinajstić information content (AvgIpc) is 2.19. The normalized spacial score (nSPS) is 11.5. The Hall–Kier alpha value is -0.940. The van der Waals surface area contributed by atoms with Crippen molar-refractivity contribution in [3.63, 3.8) is 0 Å². The van der Waals surface area contributed by atoms with Crippen LogP contribution in [0.4, 0.5) is 0 Å². The molecule has 1 rings (SSSR count). The number of pyridine rings is 1. The minimum absolute atomic E-state index is 0.00620. The third-order valence-corrected chi connectivity index (χ3v) is 3.47. The lowest BCUT2D eigenvalue weighted by atomic mass is 10.4. The Kier molecular flexibility index (Phi) is 4.03. The Morgan fingerprint density at radius 3 is 2.57 bits per heavy atom. The second-order valence-corrected chi connectivity index (χ2v) is 4.95. The van der Waals surface area contributed by atoms with E-state index in [4.69, 9.17) is 0 Å². The summed E-state index contributed by atoms with van der Waals surface area (Å²) < 4.78 is 23.1. The standard InChI is InChI=1S/C9H12NO3S/c11-7-3-4-8-14(12,13)9-5-1-2-6-10-9/h1-2,5-6H,3-4,7-8H2. The zero-order valence-electron chi connectivity index (χ0n) is 7.72. The zero-order chi connectivity index (χ0) is 10.4. The maximum atomic E-state index is 11.5. The lowest BCUT2D eigenvalue weighted by molar-refractivity contribution is 0.188. The molecule has 0 unspecified atom stereocenters. The highest BCUT2D eigenvalue weighted by atomic mass is 32.2. The fraction of sp³-hybridized carbons (Fsp3) is 0.444. The number of rotatable bonds is 5. The van der Waals surface area contributed by atoms with E-state index in [1.54, 1.807) is 12.1 Å². The molecule has 14 heavy (non-hydrogen) atoms. The number of hydrogen-bond donors (Lipinski definition) is 0. The number of sulfone groups is 1. The molecule has 1 radical (unpaired) electrons. The molecule has 0 atom stereocenters. The smallest absolute Gasteiger partial charge is 0.195 e. The van der Waals surface area contributed by atoms with Gasteiger partial charge in [0.05, 0.1) is 12.4 Å². The first-order chi connectivity index (χ1) is 6.67. The highest BCUT2D eigenvalue weighted by Gasteiger charge is 2.14. The predicted molar refractivity (Wildman–Crippen MR) is 51.1 cm³/mol. The second kappa shape index (κ2) is 5.07. The first-order valence-electron chi connectivity index (χ1n) is 4.39. The van der Waals surface area contributed by atoms with Gasteiger partial charge in [-0.3, -0.25) is 0 Å². The van der Waals surface area contributed by atoms with Crippen LogP contribution < -0.4 is 0 Å². The highest BCUT2D eigenvalue weighted by Crippen LogP contribution is 2.08. The predicted octanol–water partition coefficient (Wildman–Crippen LogP) is 1.07. The Labute approximate surface area is 83.5 Å². The molecule has 0 saturated heterocycles. The van der Waals surface area contributed by atoms with Crippen LogP contribution in [0.1, 0.15) is 12.8 Å². The summed E-state index contributed by atoms with van der Waals surface area (Å²) in [7, 11) is -3.28. The van der Waals surface area contributed by atoms with Crippen molar-refractivity contribution < 1.29 is 13.5 Å². The van der Waals surface area contributed by atoms with Gasteiger partial charge in [0.15, 0.2) is 14.9 Å². The molecule has 77 valence electrons. The van der Waals surface area contributed by atoms with E-state index < -0.39 is 9.84 Å². The number of nitrogens with zero attached hydrogens (tertiary/aromatic N) is 1. The van der Waals surface area contributed by atoms with Gasteiger partial charge in [-0.1, -0.05) is 6.07 Å². The van der Waals surface area contributed by atoms with Crippen LogP contribution in [0.5, 0.6) is 0 Å². The van der Waals surface area contributed by atoms with Crippen LogP contribution in [-0.4, -0.2) is 25.8 Å². The van der Waals surface area contributed by atoms with Crippen LogP contribution in [0.3, 0.4) is 0 Å². The quantitative estimate of drug-likeness (QED) is 0.688. The number of aromatic nitrogens is 1.